The number of nitrogens with two attached hydrogens (primary N) is 1. The third kappa shape index (κ3) is 4.76. The summed E-state index contributed by atoms with van der Waals surface area (Å²) in [7, 11) is -4.88. The molecular formula is C11H17N3O5S2. The van der Waals surface area contributed by atoms with E-state index in [1.165, 1.54) is 0 Å². The Kier molecular flexibility index (Phi) is 5.81. The van der Waals surface area contributed by atoms with Crippen molar-refractivity contribution in [2.75, 3.05) is 18.5 Å². The number of nitrogens with one attached hydrogen (secondary N) is 1. The molecule has 21 heavy (non-hydrogen) atoms. The van der Waals surface area contributed by atoms with Gasteiger partial charge in [0.25, 0.3) is 5.69 Å². The highest BCUT2D eigenvalue weighted by Gasteiger charge is 2.20. The van der Waals surface area contributed by atoms with Gasteiger partial charge in [0.2, 0.25) is 10.0 Å². The number of hydrogen-bond donors (Lipinski definition) is 2. The third-order valence-electron chi connectivity index (χ3n) is 2.90. The molecule has 0 fully saturated rings. The van der Waals surface area contributed by atoms with E-state index < -0.39 is 25.7 Å². The highest BCUT2D eigenvalue weighted by Crippen LogP contribution is 2.23. The molecule has 3 N–H and O–H groups in total. The van der Waals surface area contributed by atoms with Gasteiger partial charge in [0, 0.05) is 41.0 Å². The van der Waals surface area contributed by atoms with Crippen LogP contribution in [0.3, 0.4) is 0 Å². The van der Waals surface area contributed by atoms with E-state index in [2.05, 4.69) is 4.72 Å². The summed E-state index contributed by atoms with van der Waals surface area (Å²) in [5, 5.41) is 10.4. The summed E-state index contributed by atoms with van der Waals surface area (Å²) in [6.07, 6.45) is 1.96. The van der Waals surface area contributed by atoms with Crippen LogP contribution in [-0.2, 0) is 20.8 Å². The van der Waals surface area contributed by atoms with Crippen LogP contribution in [0.25, 0.3) is 0 Å². The van der Waals surface area contributed by atoms with Gasteiger partial charge in [-0.1, -0.05) is 6.92 Å². The van der Waals surface area contributed by atoms with Crippen LogP contribution in [0, 0.1) is 10.1 Å². The van der Waals surface area contributed by atoms with Gasteiger partial charge in [-0.2, -0.15) is 0 Å². The second-order valence-electron chi connectivity index (χ2n) is 4.47. The number of hydrogen-bond acceptors (Lipinski definition) is 6. The molecule has 0 aromatic heterocycles. The summed E-state index contributed by atoms with van der Waals surface area (Å²) in [5.41, 5.74) is 5.09. The maximum absolute atomic E-state index is 12.0. The van der Waals surface area contributed by atoms with E-state index in [-0.39, 0.29) is 28.1 Å². The Bertz CT molecular complexity index is 660. The van der Waals surface area contributed by atoms with Crippen molar-refractivity contribution in [2.45, 2.75) is 23.5 Å². The topological polar surface area (TPSA) is 132 Å². The summed E-state index contributed by atoms with van der Waals surface area (Å²) in [4.78, 5) is 9.72. The number of sulfonamides is 1. The van der Waals surface area contributed by atoms with E-state index >= 15 is 0 Å². The van der Waals surface area contributed by atoms with Gasteiger partial charge in [-0.3, -0.25) is 14.3 Å². The lowest BCUT2D eigenvalue weighted by Crippen LogP contribution is -2.28. The van der Waals surface area contributed by atoms with E-state index in [0.29, 0.717) is 6.42 Å². The fraction of sp³-hybridized carbons (Fsp3) is 0.455. The van der Waals surface area contributed by atoms with Crippen molar-refractivity contribution in [1.29, 1.82) is 0 Å². The fourth-order valence-corrected chi connectivity index (χ4v) is 3.14. The molecule has 1 aromatic rings. The lowest BCUT2D eigenvalue weighted by atomic mass is 10.3. The van der Waals surface area contributed by atoms with Gasteiger partial charge in [-0.05, 0) is 12.5 Å². The first-order valence-electron chi connectivity index (χ1n) is 6.01. The van der Waals surface area contributed by atoms with Gasteiger partial charge in [0.1, 0.15) is 4.90 Å². The highest BCUT2D eigenvalue weighted by atomic mass is 32.2. The van der Waals surface area contributed by atoms with Gasteiger partial charge in [-0.15, -0.1) is 0 Å². The third-order valence-corrected chi connectivity index (χ3v) is 5.81. The molecule has 0 heterocycles. The monoisotopic (exact) mass is 335 g/mol. The zero-order chi connectivity index (χ0) is 16.2. The molecular weight excluding hydrogens is 318 g/mol. The van der Waals surface area contributed by atoms with Gasteiger partial charge in [0.15, 0.2) is 0 Å². The van der Waals surface area contributed by atoms with Gasteiger partial charge < -0.3 is 5.73 Å². The number of non-ortho nitro benzene ring substituents is 1. The zero-order valence-electron chi connectivity index (χ0n) is 11.6. The fourth-order valence-electron chi connectivity index (χ4n) is 1.53. The van der Waals surface area contributed by atoms with Crippen molar-refractivity contribution in [3.63, 3.8) is 0 Å². The van der Waals surface area contributed by atoms with Crippen molar-refractivity contribution >= 4 is 32.2 Å². The van der Waals surface area contributed by atoms with Gasteiger partial charge in [0.05, 0.1) is 10.6 Å². The van der Waals surface area contributed by atoms with Crippen LogP contribution in [0.2, 0.25) is 0 Å². The molecule has 2 atom stereocenters. The van der Waals surface area contributed by atoms with E-state index in [0.717, 1.165) is 18.2 Å². The van der Waals surface area contributed by atoms with E-state index in [9.17, 15) is 22.7 Å². The van der Waals surface area contributed by atoms with Crippen LogP contribution in [-0.4, -0.2) is 35.6 Å². The predicted octanol–water partition coefficient (Wildman–Crippen LogP) is 0.612. The Balaban J connectivity index is 2.84. The second kappa shape index (κ2) is 6.96. The van der Waals surface area contributed by atoms with Crippen LogP contribution >= 0.6 is 0 Å². The van der Waals surface area contributed by atoms with Crippen molar-refractivity contribution in [3.8, 4) is 0 Å². The second-order valence-corrected chi connectivity index (χ2v) is 8.01. The van der Waals surface area contributed by atoms with Crippen molar-refractivity contribution in [3.05, 3.63) is 28.3 Å². The van der Waals surface area contributed by atoms with Crippen LogP contribution in [0.1, 0.15) is 13.3 Å². The number of nitrogens with zero attached hydrogens (tertiary/aromatic N) is 1. The summed E-state index contributed by atoms with van der Waals surface area (Å²) in [6.45, 7) is 1.87. The Morgan fingerprint density at radius 3 is 2.57 bits per heavy atom. The molecule has 0 aliphatic carbocycles. The minimum absolute atomic E-state index is 0.111. The van der Waals surface area contributed by atoms with Crippen LogP contribution in [0.4, 0.5) is 11.4 Å². The SMILES string of the molecule is CC(CCNS(=O)(=O)c1ccc([N+](=O)[O-])cc1N)S(C)=O. The van der Waals surface area contributed by atoms with Crippen LogP contribution < -0.4 is 10.5 Å². The average molecular weight is 335 g/mol. The zero-order valence-corrected chi connectivity index (χ0v) is 13.2. The Hall–Kier alpha value is -1.52. The molecule has 0 radical (unpaired) electrons. The van der Waals surface area contributed by atoms with Crippen LogP contribution in [0.5, 0.6) is 0 Å². The predicted molar refractivity (Wildman–Crippen MR) is 80.8 cm³/mol. The Labute approximate surface area is 125 Å². The molecule has 0 bridgehead atoms. The normalized spacial score (nSPS) is 14.6. The first kappa shape index (κ1) is 17.5. The molecule has 0 aliphatic heterocycles. The van der Waals surface area contributed by atoms with E-state index in [4.69, 9.17) is 5.73 Å². The summed E-state index contributed by atoms with van der Waals surface area (Å²) in [6, 6.07) is 3.17. The standard InChI is InChI=1S/C11H17N3O5S2/c1-8(20(2)17)5-6-13-21(18,19)11-4-3-9(14(15)16)7-10(11)12/h3-4,7-8,13H,5-6,12H2,1-2H3. The quantitative estimate of drug-likeness (QED) is 0.426. The maximum Gasteiger partial charge on any atom is 0.271 e. The summed E-state index contributed by atoms with van der Waals surface area (Å²) >= 11 is 0. The molecule has 8 nitrogen and oxygen atoms in total. The molecule has 0 saturated heterocycles. The molecule has 0 saturated carbocycles. The van der Waals surface area contributed by atoms with E-state index in [1.54, 1.807) is 13.2 Å². The largest absolute Gasteiger partial charge is 0.397 e. The summed E-state index contributed by atoms with van der Waals surface area (Å²) < 4.78 is 37.6. The lowest BCUT2D eigenvalue weighted by Gasteiger charge is -2.11. The first-order valence-corrected chi connectivity index (χ1v) is 9.11. The van der Waals surface area contributed by atoms with Crippen molar-refractivity contribution in [1.82, 2.24) is 4.72 Å². The molecule has 0 amide bonds. The molecule has 0 spiro atoms. The van der Waals surface area contributed by atoms with E-state index in [1.807, 2.05) is 0 Å². The molecule has 0 aliphatic rings. The van der Waals surface area contributed by atoms with Crippen molar-refractivity contribution < 1.29 is 17.6 Å². The number of nitro groups is 1. The Morgan fingerprint density at radius 2 is 2.10 bits per heavy atom. The van der Waals surface area contributed by atoms with Gasteiger partial charge in [-0.25, -0.2) is 13.1 Å². The maximum atomic E-state index is 12.0. The molecule has 1 aromatic carbocycles. The molecule has 1 rings (SSSR count). The molecule has 2 unspecified atom stereocenters. The number of anilines is 1. The minimum atomic E-state index is -3.85. The van der Waals surface area contributed by atoms with Crippen molar-refractivity contribution in [2.24, 2.45) is 0 Å². The highest BCUT2D eigenvalue weighted by molar-refractivity contribution is 7.89. The van der Waals surface area contributed by atoms with Gasteiger partial charge >= 0.3 is 0 Å². The Morgan fingerprint density at radius 1 is 1.48 bits per heavy atom. The van der Waals surface area contributed by atoms with Crippen LogP contribution in [0.15, 0.2) is 23.1 Å². The average Bonchev–Trinajstić information content (AvgIpc) is 2.37. The number of benzene rings is 1. The first-order chi connectivity index (χ1) is 9.65. The number of nitrogen functional groups attached to an aromatic ring is 1. The lowest BCUT2D eigenvalue weighted by molar-refractivity contribution is -0.384. The molecule has 118 valence electrons. The number of rotatable bonds is 7. The summed E-state index contributed by atoms with van der Waals surface area (Å²) in [5.74, 6) is 0. The minimum Gasteiger partial charge on any atom is -0.397 e. The molecule has 10 heteroatoms. The number of nitro benzene ring substituents is 1. The smallest absolute Gasteiger partial charge is 0.271 e.